The molecule has 2 nitrogen and oxygen atoms in total. The van der Waals surface area contributed by atoms with Gasteiger partial charge < -0.3 is 4.74 Å². The van der Waals surface area contributed by atoms with Crippen LogP contribution in [0.15, 0.2) is 0 Å². The second kappa shape index (κ2) is 7.06. The van der Waals surface area contributed by atoms with Crippen molar-refractivity contribution in [3.8, 4) is 0 Å². The number of ether oxygens (including phenoxy) is 1. The van der Waals surface area contributed by atoms with E-state index in [4.69, 9.17) is 4.74 Å². The number of hydrogen-bond donors (Lipinski definition) is 0. The van der Waals surface area contributed by atoms with Crippen LogP contribution in [0.1, 0.15) is 26.2 Å². The number of halogens is 1. The monoisotopic (exact) mass is 208 g/mol. The van der Waals surface area contributed by atoms with Crippen LogP contribution < -0.4 is 0 Å². The van der Waals surface area contributed by atoms with Crippen molar-refractivity contribution >= 4 is 21.9 Å². The van der Waals surface area contributed by atoms with Crippen molar-refractivity contribution in [3.63, 3.8) is 0 Å². The Hall–Kier alpha value is -0.0500. The maximum absolute atomic E-state index is 10.7. The fraction of sp³-hybridized carbons (Fsp3) is 0.857. The van der Waals surface area contributed by atoms with Gasteiger partial charge in [0.15, 0.2) is 0 Å². The first-order valence-corrected chi connectivity index (χ1v) is 4.65. The maximum atomic E-state index is 10.7. The smallest absolute Gasteiger partial charge is 0.305 e. The lowest BCUT2D eigenvalue weighted by molar-refractivity contribution is -0.143. The molecule has 0 fully saturated rings. The molecule has 0 amide bonds. The number of unbranched alkanes of at least 4 members (excludes halogenated alkanes) is 1. The van der Waals surface area contributed by atoms with Crippen LogP contribution in [0.3, 0.4) is 0 Å². The summed E-state index contributed by atoms with van der Waals surface area (Å²) in [7, 11) is 0. The van der Waals surface area contributed by atoms with Gasteiger partial charge in [0.1, 0.15) is 6.61 Å². The van der Waals surface area contributed by atoms with Gasteiger partial charge in [0.2, 0.25) is 0 Å². The Balaban J connectivity index is 3.09. The molecule has 0 aromatic heterocycles. The van der Waals surface area contributed by atoms with Crippen molar-refractivity contribution < 1.29 is 9.53 Å². The lowest BCUT2D eigenvalue weighted by Gasteiger charge is -1.99. The molecule has 0 bridgehead atoms. The highest BCUT2D eigenvalue weighted by atomic mass is 79.9. The van der Waals surface area contributed by atoms with Gasteiger partial charge in [-0.3, -0.25) is 4.79 Å². The average Bonchev–Trinajstić information content (AvgIpc) is 1.97. The molecule has 0 aromatic rings. The highest BCUT2D eigenvalue weighted by molar-refractivity contribution is 9.09. The van der Waals surface area contributed by atoms with E-state index < -0.39 is 0 Å². The first-order chi connectivity index (χ1) is 4.81. The first kappa shape index (κ1) is 9.95. The maximum Gasteiger partial charge on any atom is 0.305 e. The van der Waals surface area contributed by atoms with Crippen LogP contribution in [-0.4, -0.2) is 17.9 Å². The summed E-state index contributed by atoms with van der Waals surface area (Å²) < 4.78 is 4.81. The topological polar surface area (TPSA) is 26.3 Å². The van der Waals surface area contributed by atoms with E-state index in [1.54, 1.807) is 0 Å². The Morgan fingerprint density at radius 1 is 1.60 bits per heavy atom. The second-order valence-corrected chi connectivity index (χ2v) is 2.81. The quantitative estimate of drug-likeness (QED) is 0.512. The zero-order chi connectivity index (χ0) is 7.82. The minimum Gasteiger partial charge on any atom is -0.465 e. The van der Waals surface area contributed by atoms with Crippen molar-refractivity contribution in [2.24, 2.45) is 0 Å². The summed E-state index contributed by atoms with van der Waals surface area (Å²) in [6.45, 7) is 2.54. The molecule has 0 unspecified atom stereocenters. The normalized spacial score (nSPS) is 9.40. The van der Waals surface area contributed by atoms with Crippen LogP contribution in [0, 0.1) is 0 Å². The molecule has 0 rings (SSSR count). The lowest BCUT2D eigenvalue weighted by Crippen LogP contribution is -2.05. The van der Waals surface area contributed by atoms with Crippen molar-refractivity contribution in [2.75, 3.05) is 11.9 Å². The zero-order valence-corrected chi connectivity index (χ0v) is 7.82. The van der Waals surface area contributed by atoms with Crippen LogP contribution in [0.4, 0.5) is 0 Å². The van der Waals surface area contributed by atoms with Crippen LogP contribution in [0.25, 0.3) is 0 Å². The van der Waals surface area contributed by atoms with E-state index in [2.05, 4.69) is 22.9 Å². The summed E-state index contributed by atoms with van der Waals surface area (Å²) in [6, 6.07) is 0. The van der Waals surface area contributed by atoms with E-state index in [0.717, 1.165) is 18.2 Å². The third-order valence-corrected chi connectivity index (χ3v) is 1.40. The molecule has 10 heavy (non-hydrogen) atoms. The number of carbonyl (C=O) groups excluding carboxylic acids is 1. The van der Waals surface area contributed by atoms with Gasteiger partial charge in [-0.2, -0.15) is 0 Å². The summed E-state index contributed by atoms with van der Waals surface area (Å²) in [5, 5.41) is 0.727. The van der Waals surface area contributed by atoms with Gasteiger partial charge in [-0.15, -0.1) is 0 Å². The molecule has 60 valence electrons. The molecule has 0 aliphatic heterocycles. The van der Waals surface area contributed by atoms with E-state index in [1.165, 1.54) is 0 Å². The number of alkyl halides is 1. The van der Waals surface area contributed by atoms with Crippen LogP contribution >= 0.6 is 15.9 Å². The van der Waals surface area contributed by atoms with Crippen LogP contribution in [-0.2, 0) is 9.53 Å². The van der Waals surface area contributed by atoms with Gasteiger partial charge in [0.05, 0.1) is 0 Å². The summed E-state index contributed by atoms with van der Waals surface area (Å²) in [5.74, 6) is -0.0821. The second-order valence-electron chi connectivity index (χ2n) is 2.01. The molecule has 0 heterocycles. The van der Waals surface area contributed by atoms with E-state index in [-0.39, 0.29) is 5.97 Å². The van der Waals surface area contributed by atoms with E-state index in [9.17, 15) is 4.79 Å². The molecule has 0 atom stereocenters. The highest BCUT2D eigenvalue weighted by Crippen LogP contribution is 1.96. The van der Waals surface area contributed by atoms with Gasteiger partial charge >= 0.3 is 5.97 Å². The Kier molecular flexibility index (Phi) is 7.03. The van der Waals surface area contributed by atoms with Gasteiger partial charge in [0.25, 0.3) is 0 Å². The molecule has 0 saturated heterocycles. The minimum atomic E-state index is -0.0821. The predicted octanol–water partition coefficient (Wildman–Crippen LogP) is 2.11. The van der Waals surface area contributed by atoms with Crippen molar-refractivity contribution in [1.82, 2.24) is 0 Å². The lowest BCUT2D eigenvalue weighted by atomic mass is 10.3. The Bertz CT molecular complexity index is 83.6. The highest BCUT2D eigenvalue weighted by Gasteiger charge is 1.98. The Morgan fingerprint density at radius 2 is 2.30 bits per heavy atom. The Labute approximate surface area is 70.1 Å². The summed E-state index contributed by atoms with van der Waals surface area (Å²) in [4.78, 5) is 10.7. The van der Waals surface area contributed by atoms with E-state index >= 15 is 0 Å². The standard InChI is InChI=1S/C7H13BrO2/c1-2-3-4-7(9)10-6-5-8/h2-6H2,1H3. The molecular weight excluding hydrogens is 196 g/mol. The summed E-state index contributed by atoms with van der Waals surface area (Å²) in [6.07, 6.45) is 2.54. The molecular formula is C7H13BrO2. The number of esters is 1. The van der Waals surface area contributed by atoms with Crippen LogP contribution in [0.2, 0.25) is 0 Å². The minimum absolute atomic E-state index is 0.0821. The molecule has 0 saturated carbocycles. The van der Waals surface area contributed by atoms with Gasteiger partial charge in [-0.05, 0) is 6.42 Å². The van der Waals surface area contributed by atoms with Gasteiger partial charge in [-0.1, -0.05) is 29.3 Å². The van der Waals surface area contributed by atoms with E-state index in [1.807, 2.05) is 0 Å². The Morgan fingerprint density at radius 3 is 2.80 bits per heavy atom. The largest absolute Gasteiger partial charge is 0.465 e. The number of rotatable bonds is 5. The number of hydrogen-bond acceptors (Lipinski definition) is 2. The molecule has 0 N–H and O–H groups in total. The third kappa shape index (κ3) is 6.08. The van der Waals surface area contributed by atoms with Crippen molar-refractivity contribution in [1.29, 1.82) is 0 Å². The predicted molar refractivity (Wildman–Crippen MR) is 44.3 cm³/mol. The summed E-state index contributed by atoms with van der Waals surface area (Å²) >= 11 is 3.17. The zero-order valence-electron chi connectivity index (χ0n) is 6.23. The molecule has 0 aliphatic carbocycles. The SMILES string of the molecule is CCCCC(=O)OCCBr. The first-order valence-electron chi connectivity index (χ1n) is 3.52. The third-order valence-electron chi connectivity index (χ3n) is 1.07. The van der Waals surface area contributed by atoms with E-state index in [0.29, 0.717) is 13.0 Å². The summed E-state index contributed by atoms with van der Waals surface area (Å²) in [5.41, 5.74) is 0. The molecule has 0 radical (unpaired) electrons. The van der Waals surface area contributed by atoms with Crippen LogP contribution in [0.5, 0.6) is 0 Å². The van der Waals surface area contributed by atoms with Crippen molar-refractivity contribution in [3.05, 3.63) is 0 Å². The molecule has 0 aromatic carbocycles. The molecule has 3 heteroatoms. The fourth-order valence-electron chi connectivity index (χ4n) is 0.546. The van der Waals surface area contributed by atoms with Crippen molar-refractivity contribution in [2.45, 2.75) is 26.2 Å². The molecule has 0 aliphatic rings. The average molecular weight is 209 g/mol. The van der Waals surface area contributed by atoms with Gasteiger partial charge in [0, 0.05) is 11.8 Å². The van der Waals surface area contributed by atoms with Gasteiger partial charge in [-0.25, -0.2) is 0 Å². The number of carbonyl (C=O) groups is 1. The fourth-order valence-corrected chi connectivity index (χ4v) is 0.708. The molecule has 0 spiro atoms.